The molecule has 10 nitrogen and oxygen atoms in total. The van der Waals surface area contributed by atoms with E-state index < -0.39 is 7.01 Å². The minimum absolute atomic E-state index is 0.206. The second kappa shape index (κ2) is 13.2. The molecule has 3 aromatic carbocycles. The lowest BCUT2D eigenvalue weighted by molar-refractivity contribution is -0.164. The van der Waals surface area contributed by atoms with E-state index in [1.165, 1.54) is 0 Å². The van der Waals surface area contributed by atoms with E-state index in [2.05, 4.69) is 32.2 Å². The Labute approximate surface area is 252 Å². The highest BCUT2D eigenvalue weighted by molar-refractivity contribution is 7.84. The molecule has 41 heavy (non-hydrogen) atoms. The molecule has 4 aromatic rings. The van der Waals surface area contributed by atoms with Crippen LogP contribution >= 0.6 is 0 Å². The lowest BCUT2D eigenvalue weighted by Gasteiger charge is -2.34. The fourth-order valence-corrected chi connectivity index (χ4v) is 6.86. The maximum Gasteiger partial charge on any atom is 0.404 e. The first-order valence-electron chi connectivity index (χ1n) is 13.5. The van der Waals surface area contributed by atoms with E-state index in [4.69, 9.17) is 14.7 Å². The van der Waals surface area contributed by atoms with E-state index in [9.17, 15) is 8.42 Å². The quantitative estimate of drug-likeness (QED) is 0.103. The number of rotatable bonds is 11. The molecule has 12 heteroatoms. The largest absolute Gasteiger partial charge is 0.494 e. The van der Waals surface area contributed by atoms with E-state index >= 15 is 0 Å². The molecule has 1 saturated heterocycles. The van der Waals surface area contributed by atoms with Crippen LogP contribution in [0.3, 0.4) is 0 Å². The van der Waals surface area contributed by atoms with Gasteiger partial charge in [0.15, 0.2) is 0 Å². The molecule has 0 aliphatic carbocycles. The number of likely N-dealkylation sites (N-methyl/N-ethyl adjacent to an activating group) is 1. The van der Waals surface area contributed by atoms with Crippen molar-refractivity contribution in [2.45, 2.75) is 23.8 Å². The summed E-state index contributed by atoms with van der Waals surface area (Å²) < 4.78 is 30.5. The summed E-state index contributed by atoms with van der Waals surface area (Å²) in [5.74, 6) is 1.55. The van der Waals surface area contributed by atoms with Gasteiger partial charge in [-0.3, -0.25) is 0 Å². The Morgan fingerprint density at radius 3 is 2.46 bits per heavy atom. The number of hydrogen-bond acceptors (Lipinski definition) is 10. The third-order valence-corrected chi connectivity index (χ3v) is 9.54. The molecule has 0 atom stereocenters. The predicted octanol–water partition coefficient (Wildman–Crippen LogP) is 0.878. The highest BCUT2D eigenvalue weighted by atomic mass is 127. The van der Waals surface area contributed by atoms with Crippen molar-refractivity contribution in [3.63, 3.8) is 0 Å². The minimum Gasteiger partial charge on any atom is -0.494 e. The zero-order chi connectivity index (χ0) is 28.8. The molecule has 0 amide bonds. The van der Waals surface area contributed by atoms with Crippen LogP contribution in [-0.2, 0) is 7.01 Å². The van der Waals surface area contributed by atoms with Gasteiger partial charge in [0.2, 0.25) is 5.95 Å². The molecule has 1 aliphatic heterocycles. The van der Waals surface area contributed by atoms with Gasteiger partial charge in [0, 0.05) is 49.4 Å². The van der Waals surface area contributed by atoms with Crippen LogP contribution < -0.4 is 52.1 Å². The summed E-state index contributed by atoms with van der Waals surface area (Å²) in [5, 5.41) is 14.1. The van der Waals surface area contributed by atoms with Crippen molar-refractivity contribution >= 4 is 46.7 Å². The fraction of sp³-hybridized carbons (Fsp3) is 0.310. The van der Waals surface area contributed by atoms with Crippen molar-refractivity contribution < 1.29 is 34.4 Å². The van der Waals surface area contributed by atoms with Crippen LogP contribution in [0.1, 0.15) is 12.8 Å². The number of nitrogens with one attached hydrogen (secondary N) is 4. The van der Waals surface area contributed by atoms with Crippen molar-refractivity contribution in [3.8, 4) is 5.75 Å². The topological polar surface area (TPSA) is 121 Å². The number of piperidine rings is 1. The van der Waals surface area contributed by atoms with Crippen LogP contribution in [-0.4, -0.2) is 64.8 Å². The number of fused-ring (bicyclic) bond motifs is 1. The maximum absolute atomic E-state index is 12.4. The Morgan fingerprint density at radius 1 is 0.951 bits per heavy atom. The molecule has 0 spiro atoms. The molecule has 2 heterocycles. The van der Waals surface area contributed by atoms with Gasteiger partial charge in [0.05, 0.1) is 24.0 Å². The lowest BCUT2D eigenvalue weighted by atomic mass is 10.0. The number of methoxy groups -OCH3 is 1. The van der Waals surface area contributed by atoms with Gasteiger partial charge in [-0.1, -0.05) is 24.3 Å². The molecule has 0 unspecified atom stereocenters. The van der Waals surface area contributed by atoms with Gasteiger partial charge >= 0.3 is 28.2 Å². The van der Waals surface area contributed by atoms with E-state index in [1.54, 1.807) is 31.4 Å². The molecule has 4 N–H and O–H groups in total. The van der Waals surface area contributed by atoms with E-state index in [0.29, 0.717) is 34.8 Å². The predicted molar refractivity (Wildman–Crippen MR) is 161 cm³/mol. The Morgan fingerprint density at radius 2 is 1.71 bits per heavy atom. The SMILES string of the molecule is CNCCNC1CCN(c2ccc(Nc3nc(Nc4ccccc4S(=O)(=O)[IH+])c4ccccc4n3)c(OC)c2)CC1. The summed E-state index contributed by atoms with van der Waals surface area (Å²) in [6.45, 7) is 3.91. The first-order chi connectivity index (χ1) is 19.9. The highest BCUT2D eigenvalue weighted by Crippen LogP contribution is 2.34. The Hall–Kier alpha value is -3.20. The first-order valence-corrected chi connectivity index (χ1v) is 17.8. The number of anilines is 5. The number of benzene rings is 3. The maximum atomic E-state index is 12.4. The second-order valence-corrected chi connectivity index (χ2v) is 14.9. The third-order valence-electron chi connectivity index (χ3n) is 7.11. The van der Waals surface area contributed by atoms with Gasteiger partial charge in [0.25, 0.3) is 0 Å². The average molecular weight is 689 g/mol. The van der Waals surface area contributed by atoms with E-state index in [1.807, 2.05) is 43.4 Å². The number of ether oxygens (including phenoxy) is 1. The zero-order valence-electron chi connectivity index (χ0n) is 23.1. The summed E-state index contributed by atoms with van der Waals surface area (Å²) in [4.78, 5) is 12.0. The molecular formula is C29H35IN7O3S+. The van der Waals surface area contributed by atoms with Crippen molar-refractivity contribution in [1.29, 1.82) is 0 Å². The fourth-order valence-electron chi connectivity index (χ4n) is 4.99. The molecule has 0 bridgehead atoms. The monoisotopic (exact) mass is 688 g/mol. The minimum atomic E-state index is -3.43. The molecule has 5 rings (SSSR count). The standard InChI is InChI=1S/C29H35IN7O3S/c1-31-15-16-32-20-13-17-37(18-14-20)21-11-12-24(26(19-21)40-2)35-29-34-23-8-4-3-7-22(23)28(36-29)33-25-9-5-6-10-27(25)41(30,38)39/h3-12,19-20,30-32H,13-18H2,1-2H3,(H2,33,34,35,36)/q+1. The van der Waals surface area contributed by atoms with Crippen LogP contribution in [0.15, 0.2) is 71.6 Å². The summed E-state index contributed by atoms with van der Waals surface area (Å²) >= 11 is 1.11. The van der Waals surface area contributed by atoms with Crippen LogP contribution in [0.4, 0.5) is 28.8 Å². The van der Waals surface area contributed by atoms with Crippen LogP contribution in [0, 0.1) is 0 Å². The Kier molecular flexibility index (Phi) is 9.42. The van der Waals surface area contributed by atoms with Crippen LogP contribution in [0.25, 0.3) is 10.9 Å². The molecule has 216 valence electrons. The summed E-state index contributed by atoms with van der Waals surface area (Å²) in [5.41, 5.74) is 3.01. The molecule has 1 aromatic heterocycles. The molecule has 0 radical (unpaired) electrons. The lowest BCUT2D eigenvalue weighted by Crippen LogP contribution is -3.36. The van der Waals surface area contributed by atoms with Crippen molar-refractivity contribution in [2.24, 2.45) is 0 Å². The Balaban J connectivity index is 1.38. The molecular weight excluding hydrogens is 653 g/mol. The first kappa shape index (κ1) is 29.3. The van der Waals surface area contributed by atoms with Crippen LogP contribution in [0.5, 0.6) is 5.75 Å². The third kappa shape index (κ3) is 7.18. The van der Waals surface area contributed by atoms with Gasteiger partial charge in [-0.2, -0.15) is 13.4 Å². The van der Waals surface area contributed by atoms with Crippen LogP contribution in [0.2, 0.25) is 0 Å². The van der Waals surface area contributed by atoms with Crippen molar-refractivity contribution in [2.75, 3.05) is 55.9 Å². The smallest absolute Gasteiger partial charge is 0.404 e. The van der Waals surface area contributed by atoms with Gasteiger partial charge in [-0.15, -0.1) is 0 Å². The average Bonchev–Trinajstić information content (AvgIpc) is 2.98. The van der Waals surface area contributed by atoms with Crippen molar-refractivity contribution in [1.82, 2.24) is 20.6 Å². The molecule has 0 saturated carbocycles. The van der Waals surface area contributed by atoms with Crippen molar-refractivity contribution in [3.05, 3.63) is 66.7 Å². The highest BCUT2D eigenvalue weighted by Gasteiger charge is 2.23. The van der Waals surface area contributed by atoms with Gasteiger partial charge in [0.1, 0.15) is 16.5 Å². The van der Waals surface area contributed by atoms with E-state index in [0.717, 1.165) is 77.0 Å². The number of nitrogens with zero attached hydrogens (tertiary/aromatic N) is 3. The molecule has 1 fully saturated rings. The Bertz CT molecular complexity index is 1610. The summed E-state index contributed by atoms with van der Waals surface area (Å²) in [6.07, 6.45) is 2.19. The van der Waals surface area contributed by atoms with Gasteiger partial charge < -0.3 is 30.9 Å². The summed E-state index contributed by atoms with van der Waals surface area (Å²) in [7, 11) is 0.188. The second-order valence-electron chi connectivity index (χ2n) is 9.82. The zero-order valence-corrected chi connectivity index (χ0v) is 26.2. The number of halogens is 1. The normalized spacial score (nSPS) is 14.3. The number of aromatic nitrogens is 2. The summed E-state index contributed by atoms with van der Waals surface area (Å²) in [6, 6.07) is 21.1. The number of hydrogen-bond donors (Lipinski definition) is 4. The number of para-hydroxylation sites is 2. The van der Waals surface area contributed by atoms with Gasteiger partial charge in [-0.05, 0) is 56.3 Å². The van der Waals surface area contributed by atoms with E-state index in [-0.39, 0.29) is 4.90 Å². The molecule has 1 aliphatic rings. The van der Waals surface area contributed by atoms with Gasteiger partial charge in [-0.25, -0.2) is 4.98 Å².